The van der Waals surface area contributed by atoms with Gasteiger partial charge in [0.15, 0.2) is 0 Å². The highest BCUT2D eigenvalue weighted by Crippen LogP contribution is 2.29. The van der Waals surface area contributed by atoms with E-state index in [1.165, 1.54) is 0 Å². The fourth-order valence-electron chi connectivity index (χ4n) is 2.04. The first-order valence-electron chi connectivity index (χ1n) is 5.73. The van der Waals surface area contributed by atoms with Crippen molar-refractivity contribution in [3.63, 3.8) is 0 Å². The molecule has 0 unspecified atom stereocenters. The van der Waals surface area contributed by atoms with Crippen LogP contribution < -0.4 is 10.1 Å². The van der Waals surface area contributed by atoms with Gasteiger partial charge in [-0.2, -0.15) is 0 Å². The summed E-state index contributed by atoms with van der Waals surface area (Å²) in [6, 6.07) is 5.83. The Labute approximate surface area is 108 Å². The molecule has 0 radical (unpaired) electrons. The Hall–Kier alpha value is -1.75. The molecule has 1 aromatic carbocycles. The molecule has 18 heavy (non-hydrogen) atoms. The molecule has 1 fully saturated rings. The van der Waals surface area contributed by atoms with Gasteiger partial charge in [0.1, 0.15) is 5.75 Å². The molecule has 2 amide bonds. The van der Waals surface area contributed by atoms with Crippen LogP contribution in [0, 0.1) is 0 Å². The summed E-state index contributed by atoms with van der Waals surface area (Å²) < 4.78 is 5.53. The third kappa shape index (κ3) is 2.13. The Kier molecular flexibility index (Phi) is 2.83. The molecule has 1 aromatic rings. The largest absolute Gasteiger partial charge is 0.493 e. The zero-order valence-electron chi connectivity index (χ0n) is 9.56. The van der Waals surface area contributed by atoms with Gasteiger partial charge in [0, 0.05) is 0 Å². The van der Waals surface area contributed by atoms with Crippen LogP contribution in [0.1, 0.15) is 17.5 Å². The van der Waals surface area contributed by atoms with E-state index in [0.29, 0.717) is 4.91 Å². The maximum atomic E-state index is 11.4. The zero-order valence-corrected chi connectivity index (χ0v) is 10.4. The monoisotopic (exact) mass is 261 g/mol. The Morgan fingerprint density at radius 2 is 2.22 bits per heavy atom. The molecule has 0 atom stereocenters. The molecule has 2 aliphatic rings. The van der Waals surface area contributed by atoms with Gasteiger partial charge >= 0.3 is 0 Å². The lowest BCUT2D eigenvalue weighted by atomic mass is 10.0. The summed E-state index contributed by atoms with van der Waals surface area (Å²) in [5.41, 5.74) is 2.08. The smallest absolute Gasteiger partial charge is 0.290 e. The zero-order chi connectivity index (χ0) is 12.5. The average Bonchev–Trinajstić information content (AvgIpc) is 2.68. The van der Waals surface area contributed by atoms with Crippen LogP contribution in [0.2, 0.25) is 0 Å². The van der Waals surface area contributed by atoms with Gasteiger partial charge in [-0.05, 0) is 53.9 Å². The van der Waals surface area contributed by atoms with Gasteiger partial charge in [-0.25, -0.2) is 0 Å². The second-order valence-electron chi connectivity index (χ2n) is 4.17. The number of fused-ring (bicyclic) bond motifs is 1. The number of aryl methyl sites for hydroxylation is 1. The molecular weight excluding hydrogens is 250 g/mol. The van der Waals surface area contributed by atoms with Crippen LogP contribution in [-0.4, -0.2) is 17.8 Å². The van der Waals surface area contributed by atoms with Crippen LogP contribution in [0.25, 0.3) is 6.08 Å². The number of rotatable bonds is 1. The molecule has 0 spiro atoms. The second kappa shape index (κ2) is 4.49. The lowest BCUT2D eigenvalue weighted by molar-refractivity contribution is -0.115. The summed E-state index contributed by atoms with van der Waals surface area (Å²) in [5.74, 6) is 0.599. The molecule has 0 bridgehead atoms. The van der Waals surface area contributed by atoms with Crippen molar-refractivity contribution in [3.05, 3.63) is 34.2 Å². The van der Waals surface area contributed by atoms with Crippen molar-refractivity contribution in [1.82, 2.24) is 5.32 Å². The Morgan fingerprint density at radius 1 is 1.33 bits per heavy atom. The molecule has 92 valence electrons. The number of carbonyl (C=O) groups is 2. The SMILES string of the molecule is O=C1NC(=O)C(=Cc2ccc3c(c2)CCCO3)S1. The van der Waals surface area contributed by atoms with Crippen molar-refractivity contribution < 1.29 is 14.3 Å². The Morgan fingerprint density at radius 3 is 3.00 bits per heavy atom. The van der Waals surface area contributed by atoms with Gasteiger partial charge in [-0.1, -0.05) is 6.07 Å². The van der Waals surface area contributed by atoms with Crippen LogP contribution in [0.3, 0.4) is 0 Å². The highest BCUT2D eigenvalue weighted by Gasteiger charge is 2.25. The number of hydrogen-bond donors (Lipinski definition) is 1. The van der Waals surface area contributed by atoms with Gasteiger partial charge in [0.25, 0.3) is 11.1 Å². The fraction of sp³-hybridized carbons (Fsp3) is 0.231. The maximum absolute atomic E-state index is 11.4. The Balaban J connectivity index is 1.91. The topological polar surface area (TPSA) is 55.4 Å². The van der Waals surface area contributed by atoms with Crippen molar-refractivity contribution in [2.24, 2.45) is 0 Å². The predicted molar refractivity (Wildman–Crippen MR) is 69.4 cm³/mol. The van der Waals surface area contributed by atoms with Crippen molar-refractivity contribution in [2.45, 2.75) is 12.8 Å². The van der Waals surface area contributed by atoms with Gasteiger partial charge < -0.3 is 4.74 Å². The minimum absolute atomic E-state index is 0.312. The van der Waals surface area contributed by atoms with Crippen molar-refractivity contribution >= 4 is 29.0 Å². The standard InChI is InChI=1S/C13H11NO3S/c15-12-11(18-13(16)14-12)7-8-3-4-10-9(6-8)2-1-5-17-10/h3-4,6-7H,1-2,5H2,(H,14,15,16). The third-order valence-corrected chi connectivity index (χ3v) is 3.68. The van der Waals surface area contributed by atoms with Gasteiger partial charge in [-0.3, -0.25) is 14.9 Å². The molecular formula is C13H11NO3S. The highest BCUT2D eigenvalue weighted by atomic mass is 32.2. The number of nitrogens with one attached hydrogen (secondary N) is 1. The fourth-order valence-corrected chi connectivity index (χ4v) is 2.72. The second-order valence-corrected chi connectivity index (χ2v) is 5.19. The summed E-state index contributed by atoms with van der Waals surface area (Å²) in [6.45, 7) is 0.764. The van der Waals surface area contributed by atoms with Crippen LogP contribution in [0.15, 0.2) is 23.1 Å². The van der Waals surface area contributed by atoms with Crippen molar-refractivity contribution in [2.75, 3.05) is 6.61 Å². The first kappa shape index (κ1) is 11.3. The molecule has 0 aliphatic carbocycles. The average molecular weight is 261 g/mol. The molecule has 4 nitrogen and oxygen atoms in total. The minimum atomic E-state index is -0.320. The first-order chi connectivity index (χ1) is 8.72. The number of ether oxygens (including phenoxy) is 1. The lowest BCUT2D eigenvalue weighted by Gasteiger charge is -2.17. The summed E-state index contributed by atoms with van der Waals surface area (Å²) >= 11 is 0.936. The summed E-state index contributed by atoms with van der Waals surface area (Å²) in [7, 11) is 0. The summed E-state index contributed by atoms with van der Waals surface area (Å²) in [6.07, 6.45) is 3.74. The van der Waals surface area contributed by atoms with Gasteiger partial charge in [0.2, 0.25) is 0 Å². The summed E-state index contributed by atoms with van der Waals surface area (Å²) in [4.78, 5) is 22.9. The number of benzene rings is 1. The quantitative estimate of drug-likeness (QED) is 0.788. The molecule has 2 aliphatic heterocycles. The van der Waals surface area contributed by atoms with Crippen LogP contribution in [0.5, 0.6) is 5.75 Å². The van der Waals surface area contributed by atoms with E-state index >= 15 is 0 Å². The molecule has 0 aromatic heterocycles. The number of amides is 2. The van der Waals surface area contributed by atoms with Gasteiger partial charge in [-0.15, -0.1) is 0 Å². The van der Waals surface area contributed by atoms with Crippen molar-refractivity contribution in [3.8, 4) is 5.75 Å². The molecule has 1 N–H and O–H groups in total. The minimum Gasteiger partial charge on any atom is -0.493 e. The molecule has 2 heterocycles. The van der Waals surface area contributed by atoms with E-state index in [1.807, 2.05) is 18.2 Å². The van der Waals surface area contributed by atoms with E-state index in [-0.39, 0.29) is 11.1 Å². The van der Waals surface area contributed by atoms with E-state index in [1.54, 1.807) is 6.08 Å². The van der Waals surface area contributed by atoms with Gasteiger partial charge in [0.05, 0.1) is 11.5 Å². The van der Waals surface area contributed by atoms with E-state index in [2.05, 4.69) is 5.32 Å². The molecule has 0 saturated carbocycles. The number of carbonyl (C=O) groups excluding carboxylic acids is 2. The van der Waals surface area contributed by atoms with Crippen LogP contribution in [0.4, 0.5) is 4.79 Å². The summed E-state index contributed by atoms with van der Waals surface area (Å²) in [5, 5.41) is 1.93. The predicted octanol–water partition coefficient (Wildman–Crippen LogP) is 2.34. The number of imide groups is 1. The van der Waals surface area contributed by atoms with E-state index in [4.69, 9.17) is 4.74 Å². The van der Waals surface area contributed by atoms with Crippen LogP contribution >= 0.6 is 11.8 Å². The first-order valence-corrected chi connectivity index (χ1v) is 6.54. The highest BCUT2D eigenvalue weighted by molar-refractivity contribution is 8.18. The lowest BCUT2D eigenvalue weighted by Crippen LogP contribution is -2.17. The third-order valence-electron chi connectivity index (χ3n) is 2.87. The van der Waals surface area contributed by atoms with E-state index < -0.39 is 0 Å². The Bertz CT molecular complexity index is 565. The normalized spacial score (nSPS) is 20.6. The van der Waals surface area contributed by atoms with Crippen molar-refractivity contribution in [1.29, 1.82) is 0 Å². The molecule has 3 rings (SSSR count). The number of thioether (sulfide) groups is 1. The van der Waals surface area contributed by atoms with Crippen LogP contribution in [-0.2, 0) is 11.2 Å². The van der Waals surface area contributed by atoms with E-state index in [0.717, 1.165) is 48.1 Å². The molecule has 5 heteroatoms. The molecule has 1 saturated heterocycles. The number of hydrogen-bond acceptors (Lipinski definition) is 4. The maximum Gasteiger partial charge on any atom is 0.290 e. The van der Waals surface area contributed by atoms with E-state index in [9.17, 15) is 9.59 Å².